The van der Waals surface area contributed by atoms with Gasteiger partial charge in [-0.1, -0.05) is 50.2 Å². The van der Waals surface area contributed by atoms with Gasteiger partial charge in [0.05, 0.1) is 11.6 Å². The van der Waals surface area contributed by atoms with Gasteiger partial charge < -0.3 is 19.6 Å². The summed E-state index contributed by atoms with van der Waals surface area (Å²) in [7, 11) is 0. The smallest absolute Gasteiger partial charge is 0.295 e. The van der Waals surface area contributed by atoms with Gasteiger partial charge >= 0.3 is 0 Å². The minimum atomic E-state index is -0.646. The van der Waals surface area contributed by atoms with Crippen LogP contribution >= 0.6 is 11.3 Å². The molecule has 188 valence electrons. The maximum Gasteiger partial charge on any atom is 0.295 e. The summed E-state index contributed by atoms with van der Waals surface area (Å²) in [5.41, 5.74) is 2.52. The van der Waals surface area contributed by atoms with E-state index >= 15 is 0 Å². The van der Waals surface area contributed by atoms with Crippen molar-refractivity contribution >= 4 is 28.8 Å². The van der Waals surface area contributed by atoms with Crippen LogP contribution in [0, 0.1) is 6.92 Å². The minimum Gasteiger partial charge on any atom is -0.507 e. The molecule has 7 heteroatoms. The number of ether oxygens (including phenoxy) is 1. The van der Waals surface area contributed by atoms with Gasteiger partial charge in [-0.25, -0.2) is 0 Å². The van der Waals surface area contributed by atoms with E-state index in [4.69, 9.17) is 4.74 Å². The average Bonchev–Trinajstić information content (AvgIpc) is 3.51. The molecule has 1 aromatic heterocycles. The predicted molar refractivity (Wildman–Crippen MR) is 143 cm³/mol. The molecule has 0 radical (unpaired) electrons. The van der Waals surface area contributed by atoms with Gasteiger partial charge in [-0.2, -0.15) is 0 Å². The lowest BCUT2D eigenvalue weighted by atomic mass is 9.98. The number of thiophene rings is 1. The standard InChI is InChI=1S/C29H32N2O4S/c1-4-30(5-2)15-16-31-26(24-12-9-17-36-24)25(28(33)29(31)34)27(32)22-13-14-23(20(3)18-22)35-19-21-10-7-6-8-11-21/h6-14,17-18,26,32H,4-5,15-16,19H2,1-3H3/b27-25+/t26-/m0/s1. The van der Waals surface area contributed by atoms with Gasteiger partial charge in [0.2, 0.25) is 0 Å². The fourth-order valence-electron chi connectivity index (χ4n) is 4.49. The van der Waals surface area contributed by atoms with Gasteiger partial charge in [-0.3, -0.25) is 9.59 Å². The fraction of sp³-hybridized carbons (Fsp3) is 0.310. The van der Waals surface area contributed by atoms with Crippen molar-refractivity contribution in [1.82, 2.24) is 9.80 Å². The van der Waals surface area contributed by atoms with Gasteiger partial charge in [-0.15, -0.1) is 11.3 Å². The monoisotopic (exact) mass is 504 g/mol. The van der Waals surface area contributed by atoms with Crippen LogP contribution in [0.2, 0.25) is 0 Å². The average molecular weight is 505 g/mol. The van der Waals surface area contributed by atoms with Crippen molar-refractivity contribution in [2.75, 3.05) is 26.2 Å². The molecule has 0 aliphatic carbocycles. The van der Waals surface area contributed by atoms with Crippen LogP contribution in [0.15, 0.2) is 71.6 Å². The fourth-order valence-corrected chi connectivity index (χ4v) is 5.34. The predicted octanol–water partition coefficient (Wildman–Crippen LogP) is 5.40. The second-order valence-corrected chi connectivity index (χ2v) is 9.77. The number of hydrogen-bond acceptors (Lipinski definition) is 6. The van der Waals surface area contributed by atoms with Crippen molar-refractivity contribution in [3.8, 4) is 5.75 Å². The highest BCUT2D eigenvalue weighted by Gasteiger charge is 2.46. The first-order chi connectivity index (χ1) is 17.4. The Morgan fingerprint density at radius 3 is 2.44 bits per heavy atom. The number of amides is 1. The van der Waals surface area contributed by atoms with E-state index in [9.17, 15) is 14.7 Å². The highest BCUT2D eigenvalue weighted by molar-refractivity contribution is 7.10. The maximum absolute atomic E-state index is 13.2. The molecule has 3 aromatic rings. The van der Waals surface area contributed by atoms with Crippen molar-refractivity contribution in [3.05, 3.63) is 93.2 Å². The maximum atomic E-state index is 13.2. The lowest BCUT2D eigenvalue weighted by molar-refractivity contribution is -0.140. The Balaban J connectivity index is 1.64. The zero-order valence-corrected chi connectivity index (χ0v) is 21.8. The number of likely N-dealkylation sites (N-methyl/N-ethyl adjacent to an activating group) is 1. The summed E-state index contributed by atoms with van der Waals surface area (Å²) in [4.78, 5) is 30.9. The number of hydrogen-bond donors (Lipinski definition) is 1. The van der Waals surface area contributed by atoms with E-state index in [1.807, 2.05) is 54.8 Å². The summed E-state index contributed by atoms with van der Waals surface area (Å²) in [6, 6.07) is 18.4. The van der Waals surface area contributed by atoms with Crippen LogP contribution in [0.25, 0.3) is 5.76 Å². The van der Waals surface area contributed by atoms with Crippen LogP contribution in [0.4, 0.5) is 0 Å². The van der Waals surface area contributed by atoms with Crippen molar-refractivity contribution in [2.24, 2.45) is 0 Å². The lowest BCUT2D eigenvalue weighted by Gasteiger charge is -2.27. The molecule has 4 rings (SSSR count). The SMILES string of the molecule is CCN(CC)CCN1C(=O)C(=O)/C(=C(/O)c2ccc(OCc3ccccc3)c(C)c2)[C@@H]1c1cccs1. The van der Waals surface area contributed by atoms with Crippen molar-refractivity contribution < 1.29 is 19.4 Å². The van der Waals surface area contributed by atoms with Gasteiger partial charge in [0, 0.05) is 23.5 Å². The molecule has 0 unspecified atom stereocenters. The molecule has 1 aliphatic rings. The molecule has 6 nitrogen and oxygen atoms in total. The number of ketones is 1. The normalized spacial score (nSPS) is 17.2. The van der Waals surface area contributed by atoms with Crippen molar-refractivity contribution in [2.45, 2.75) is 33.4 Å². The number of carbonyl (C=O) groups excluding carboxylic acids is 2. The van der Waals surface area contributed by atoms with Crippen LogP contribution in [-0.4, -0.2) is 52.8 Å². The molecule has 0 spiro atoms. The van der Waals surface area contributed by atoms with E-state index in [0.29, 0.717) is 31.0 Å². The van der Waals surface area contributed by atoms with Gasteiger partial charge in [0.1, 0.15) is 18.1 Å². The van der Waals surface area contributed by atoms with Crippen LogP contribution in [0.3, 0.4) is 0 Å². The number of carbonyl (C=O) groups is 2. The summed E-state index contributed by atoms with van der Waals surface area (Å²) in [6.07, 6.45) is 0. The van der Waals surface area contributed by atoms with E-state index in [-0.39, 0.29) is 11.3 Å². The zero-order valence-electron chi connectivity index (χ0n) is 20.9. The Labute approximate surface area is 216 Å². The molecule has 2 heterocycles. The van der Waals surface area contributed by atoms with Crippen molar-refractivity contribution in [1.29, 1.82) is 0 Å². The molecule has 0 saturated carbocycles. The zero-order chi connectivity index (χ0) is 25.7. The summed E-state index contributed by atoms with van der Waals surface area (Å²) < 4.78 is 5.96. The molecule has 1 aliphatic heterocycles. The Morgan fingerprint density at radius 2 is 1.81 bits per heavy atom. The number of aliphatic hydroxyl groups is 1. The number of likely N-dealkylation sites (tertiary alicyclic amines) is 1. The number of aryl methyl sites for hydroxylation is 1. The molecule has 36 heavy (non-hydrogen) atoms. The van der Waals surface area contributed by atoms with Crippen LogP contribution in [-0.2, 0) is 16.2 Å². The van der Waals surface area contributed by atoms with E-state index in [1.165, 1.54) is 11.3 Å². The minimum absolute atomic E-state index is 0.138. The number of benzene rings is 2. The lowest BCUT2D eigenvalue weighted by Crippen LogP contribution is -2.37. The molecule has 2 aromatic carbocycles. The van der Waals surface area contributed by atoms with E-state index < -0.39 is 17.7 Å². The summed E-state index contributed by atoms with van der Waals surface area (Å²) in [5.74, 6) is -0.672. The van der Waals surface area contributed by atoms with Crippen LogP contribution < -0.4 is 4.74 Å². The van der Waals surface area contributed by atoms with Crippen molar-refractivity contribution in [3.63, 3.8) is 0 Å². The highest BCUT2D eigenvalue weighted by atomic mass is 32.1. The van der Waals surface area contributed by atoms with Gasteiger partial charge in [0.15, 0.2) is 0 Å². The number of Topliss-reactive ketones (excluding diaryl/α,β-unsaturated/α-hetero) is 1. The first-order valence-corrected chi connectivity index (χ1v) is 13.1. The van der Waals surface area contributed by atoms with Gasteiger partial charge in [0.25, 0.3) is 11.7 Å². The molecule has 0 bridgehead atoms. The third kappa shape index (κ3) is 5.37. The van der Waals surface area contributed by atoms with E-state index in [1.54, 1.807) is 23.1 Å². The summed E-state index contributed by atoms with van der Waals surface area (Å²) >= 11 is 1.48. The topological polar surface area (TPSA) is 70.1 Å². The molecular weight excluding hydrogens is 472 g/mol. The van der Waals surface area contributed by atoms with Crippen LogP contribution in [0.1, 0.15) is 41.5 Å². The molecule has 1 atom stereocenters. The molecular formula is C29H32N2O4S. The Hall–Kier alpha value is -3.42. The summed E-state index contributed by atoms with van der Waals surface area (Å²) in [6.45, 7) is 9.28. The number of aliphatic hydroxyl groups excluding tert-OH is 1. The first-order valence-electron chi connectivity index (χ1n) is 12.3. The number of rotatable bonds is 10. The largest absolute Gasteiger partial charge is 0.507 e. The molecule has 1 saturated heterocycles. The van der Waals surface area contributed by atoms with E-state index in [0.717, 1.165) is 29.1 Å². The second kappa shape index (κ2) is 11.5. The molecule has 1 fully saturated rings. The Morgan fingerprint density at radius 1 is 1.06 bits per heavy atom. The summed E-state index contributed by atoms with van der Waals surface area (Å²) in [5, 5.41) is 13.2. The van der Waals surface area contributed by atoms with Crippen LogP contribution in [0.5, 0.6) is 5.75 Å². The highest BCUT2D eigenvalue weighted by Crippen LogP contribution is 2.41. The number of nitrogens with zero attached hydrogens (tertiary/aromatic N) is 2. The molecule has 1 amide bonds. The second-order valence-electron chi connectivity index (χ2n) is 8.79. The third-order valence-electron chi connectivity index (χ3n) is 6.59. The Kier molecular flexibility index (Phi) is 8.23. The van der Waals surface area contributed by atoms with Gasteiger partial charge in [-0.05, 0) is 60.8 Å². The quantitative estimate of drug-likeness (QED) is 0.227. The molecule has 1 N–H and O–H groups in total. The Bertz CT molecular complexity index is 1230. The third-order valence-corrected chi connectivity index (χ3v) is 7.51. The van der Waals surface area contributed by atoms with E-state index in [2.05, 4.69) is 18.7 Å². The first kappa shape index (κ1) is 25.7.